The highest BCUT2D eigenvalue weighted by molar-refractivity contribution is 5.15. The second-order valence-corrected chi connectivity index (χ2v) is 13.2. The fourth-order valence-electron chi connectivity index (χ4n) is 9.67. The summed E-state index contributed by atoms with van der Waals surface area (Å²) in [4.78, 5) is 8.70. The molecule has 4 rings (SSSR count). The summed E-state index contributed by atoms with van der Waals surface area (Å²) in [5.74, 6) is 2.95. The van der Waals surface area contributed by atoms with Crippen LogP contribution < -0.4 is 0 Å². The van der Waals surface area contributed by atoms with E-state index in [-0.39, 0.29) is 29.1 Å². The molecule has 12 heteroatoms. The van der Waals surface area contributed by atoms with E-state index >= 15 is 0 Å². The van der Waals surface area contributed by atoms with Crippen molar-refractivity contribution >= 4 is 0 Å². The number of ether oxygens (including phenoxy) is 3. The fraction of sp³-hybridized carbons (Fsp3) is 1.00. The van der Waals surface area contributed by atoms with Crippen LogP contribution in [-0.4, -0.2) is 57.8 Å². The number of fused-ring (bicyclic) bond motifs is 5. The molecule has 4 aliphatic carbocycles. The summed E-state index contributed by atoms with van der Waals surface area (Å²) < 4.78 is 19.5. The van der Waals surface area contributed by atoms with Crippen molar-refractivity contribution in [2.24, 2.45) is 61.7 Å². The van der Waals surface area contributed by atoms with Crippen molar-refractivity contribution in [3.8, 4) is 0 Å². The van der Waals surface area contributed by atoms with Gasteiger partial charge in [-0.2, -0.15) is 0 Å². The van der Waals surface area contributed by atoms with Crippen molar-refractivity contribution in [2.75, 3.05) is 39.5 Å². The highest BCUT2D eigenvalue weighted by Gasteiger charge is 2.66. The molecule has 40 heavy (non-hydrogen) atoms. The van der Waals surface area contributed by atoms with E-state index < -0.39 is 0 Å². The molecule has 0 amide bonds. The number of nitrogens with zero attached hydrogens (tertiary/aromatic N) is 9. The summed E-state index contributed by atoms with van der Waals surface area (Å²) in [5.41, 5.74) is 26.4. The summed E-state index contributed by atoms with van der Waals surface area (Å²) in [6.07, 6.45) is 7.82. The van der Waals surface area contributed by atoms with Crippen LogP contribution in [0.5, 0.6) is 0 Å². The van der Waals surface area contributed by atoms with E-state index in [2.05, 4.69) is 57.8 Å². The van der Waals surface area contributed by atoms with E-state index in [4.69, 9.17) is 30.8 Å². The maximum atomic E-state index is 8.81. The summed E-state index contributed by atoms with van der Waals surface area (Å²) in [6, 6.07) is 0. The Morgan fingerprint density at radius 3 is 2.02 bits per heavy atom. The molecule has 10 atom stereocenters. The molecule has 0 heterocycles. The molecule has 0 aromatic rings. The van der Waals surface area contributed by atoms with E-state index in [0.29, 0.717) is 75.0 Å². The quantitative estimate of drug-likeness (QED) is 0.0982. The monoisotopic (exact) mass is 557 g/mol. The predicted octanol–water partition coefficient (Wildman–Crippen LogP) is 7.61. The van der Waals surface area contributed by atoms with E-state index in [9.17, 15) is 0 Å². The Morgan fingerprint density at radius 1 is 0.775 bits per heavy atom. The number of azide groups is 3. The van der Waals surface area contributed by atoms with Crippen LogP contribution in [0.1, 0.15) is 72.6 Å². The third-order valence-electron chi connectivity index (χ3n) is 11.3. The molecule has 0 spiro atoms. The van der Waals surface area contributed by atoms with Crippen LogP contribution in [0.2, 0.25) is 0 Å². The minimum absolute atomic E-state index is 0.0306. The van der Waals surface area contributed by atoms with E-state index in [1.165, 1.54) is 12.8 Å². The van der Waals surface area contributed by atoms with Gasteiger partial charge in [-0.3, -0.25) is 0 Å². The van der Waals surface area contributed by atoms with Crippen molar-refractivity contribution in [1.82, 2.24) is 0 Å². The summed E-state index contributed by atoms with van der Waals surface area (Å²) in [7, 11) is 0. The molecule has 0 aromatic heterocycles. The summed E-state index contributed by atoms with van der Waals surface area (Å²) in [5, 5.41) is 11.1. The standard InChI is InChI=1S/C28H47N9O3/c1-18(2)21-5-6-22-26-23(17-25(28(21,22)4)40-14-11-34-37-31)27(3)8-7-20(38-12-9-32-35-29)15-19(27)16-24(26)39-13-10-33-36-30/h18-26H,5-17H2,1-4H3/t19?,20-,21-,22+,23+,24-,25+,26?,27+,28-/m1/s1. The topological polar surface area (TPSA) is 174 Å². The van der Waals surface area contributed by atoms with E-state index in [1.54, 1.807) is 0 Å². The van der Waals surface area contributed by atoms with Gasteiger partial charge in [-0.25, -0.2) is 0 Å². The van der Waals surface area contributed by atoms with E-state index in [0.717, 1.165) is 32.1 Å². The lowest BCUT2D eigenvalue weighted by atomic mass is 9.43. The second kappa shape index (κ2) is 13.6. The molecule has 4 saturated carbocycles. The highest BCUT2D eigenvalue weighted by atomic mass is 16.5. The zero-order chi connectivity index (χ0) is 28.8. The first kappa shape index (κ1) is 30.8. The van der Waals surface area contributed by atoms with Gasteiger partial charge in [-0.1, -0.05) is 43.0 Å². The van der Waals surface area contributed by atoms with Crippen molar-refractivity contribution in [3.05, 3.63) is 31.3 Å². The number of hydrogen-bond acceptors (Lipinski definition) is 6. The third-order valence-corrected chi connectivity index (χ3v) is 11.3. The fourth-order valence-corrected chi connectivity index (χ4v) is 9.67. The molecule has 0 N–H and O–H groups in total. The Labute approximate surface area is 237 Å². The Balaban J connectivity index is 1.63. The van der Waals surface area contributed by atoms with Crippen molar-refractivity contribution in [1.29, 1.82) is 0 Å². The molecular weight excluding hydrogens is 510 g/mol. The van der Waals surface area contributed by atoms with Crippen LogP contribution in [0.15, 0.2) is 15.3 Å². The molecule has 0 bridgehead atoms. The normalized spacial score (nSPS) is 40.1. The van der Waals surface area contributed by atoms with Crippen molar-refractivity contribution in [2.45, 2.75) is 91.0 Å². The van der Waals surface area contributed by atoms with Gasteiger partial charge in [0.05, 0.1) is 38.1 Å². The minimum atomic E-state index is 0.0306. The van der Waals surface area contributed by atoms with Crippen LogP contribution in [-0.2, 0) is 14.2 Å². The predicted molar refractivity (Wildman–Crippen MR) is 152 cm³/mol. The molecular formula is C28H47N9O3. The Morgan fingerprint density at radius 2 is 1.40 bits per heavy atom. The molecule has 4 aliphatic rings. The Bertz CT molecular complexity index is 1010. The third kappa shape index (κ3) is 6.03. The summed E-state index contributed by atoms with van der Waals surface area (Å²) in [6.45, 7) is 12.1. The minimum Gasteiger partial charge on any atom is -0.378 e. The average Bonchev–Trinajstić information content (AvgIpc) is 3.30. The molecule has 0 aromatic carbocycles. The molecule has 0 aliphatic heterocycles. The molecule has 2 unspecified atom stereocenters. The lowest BCUT2D eigenvalue weighted by Gasteiger charge is -2.64. The Kier molecular flexibility index (Phi) is 10.5. The first-order valence-corrected chi connectivity index (χ1v) is 15.2. The van der Waals surface area contributed by atoms with Crippen molar-refractivity contribution in [3.63, 3.8) is 0 Å². The molecule has 0 radical (unpaired) electrons. The number of hydrogen-bond donors (Lipinski definition) is 0. The zero-order valence-electron chi connectivity index (χ0n) is 24.6. The second-order valence-electron chi connectivity index (χ2n) is 13.2. The van der Waals surface area contributed by atoms with Gasteiger partial charge in [0.1, 0.15) is 0 Å². The molecule has 222 valence electrons. The van der Waals surface area contributed by atoms with Gasteiger partial charge in [0.2, 0.25) is 0 Å². The number of rotatable bonds is 13. The van der Waals surface area contributed by atoms with Gasteiger partial charge in [0, 0.05) is 39.8 Å². The van der Waals surface area contributed by atoms with Crippen LogP contribution >= 0.6 is 0 Å². The van der Waals surface area contributed by atoms with Crippen LogP contribution in [0.4, 0.5) is 0 Å². The van der Waals surface area contributed by atoms with E-state index in [1.807, 2.05) is 0 Å². The van der Waals surface area contributed by atoms with Gasteiger partial charge in [-0.15, -0.1) is 0 Å². The lowest BCUT2D eigenvalue weighted by molar-refractivity contribution is -0.226. The Hall–Kier alpha value is -2.19. The van der Waals surface area contributed by atoms with Crippen LogP contribution in [0, 0.1) is 46.3 Å². The van der Waals surface area contributed by atoms with Gasteiger partial charge in [-0.05, 0) is 102 Å². The molecule has 4 fully saturated rings. The molecule has 0 saturated heterocycles. The first-order valence-electron chi connectivity index (χ1n) is 15.2. The van der Waals surface area contributed by atoms with Gasteiger partial charge < -0.3 is 14.2 Å². The highest BCUT2D eigenvalue weighted by Crippen LogP contribution is 2.69. The van der Waals surface area contributed by atoms with Gasteiger partial charge in [0.25, 0.3) is 0 Å². The largest absolute Gasteiger partial charge is 0.378 e. The van der Waals surface area contributed by atoms with Gasteiger partial charge >= 0.3 is 0 Å². The summed E-state index contributed by atoms with van der Waals surface area (Å²) >= 11 is 0. The maximum Gasteiger partial charge on any atom is 0.0637 e. The van der Waals surface area contributed by atoms with Crippen LogP contribution in [0.3, 0.4) is 0 Å². The smallest absolute Gasteiger partial charge is 0.0637 e. The van der Waals surface area contributed by atoms with Crippen LogP contribution in [0.25, 0.3) is 31.3 Å². The molecule has 12 nitrogen and oxygen atoms in total. The average molecular weight is 558 g/mol. The zero-order valence-corrected chi connectivity index (χ0v) is 24.6. The lowest BCUT2D eigenvalue weighted by Crippen LogP contribution is -2.63. The van der Waals surface area contributed by atoms with Gasteiger partial charge in [0.15, 0.2) is 0 Å². The first-order chi connectivity index (χ1) is 19.3. The SMILES string of the molecule is CC(C)[C@H]1CC[C@H]2C3[C@H](OCCN=[N+]=[N-])CC4C[C@H](OCCN=[N+]=[N-])CC[C@]4(C)[C@H]3C[C@H](OCCN=[N+]=[N-])[C@]12C. The maximum absolute atomic E-state index is 8.81. The van der Waals surface area contributed by atoms with Crippen molar-refractivity contribution < 1.29 is 14.2 Å².